The third kappa shape index (κ3) is 2.85. The molecule has 1 aromatic carbocycles. The van der Waals surface area contributed by atoms with E-state index in [0.29, 0.717) is 6.54 Å². The normalized spacial score (nSPS) is 10.7. The van der Waals surface area contributed by atoms with Crippen molar-refractivity contribution >= 4 is 39.0 Å². The Morgan fingerprint density at radius 1 is 1.50 bits per heavy atom. The van der Waals surface area contributed by atoms with Gasteiger partial charge in [-0.05, 0) is 40.5 Å². The molecule has 0 spiro atoms. The number of thiazole rings is 1. The van der Waals surface area contributed by atoms with Crippen molar-refractivity contribution in [2.45, 2.75) is 22.7 Å². The molecule has 2 rings (SSSR count). The van der Waals surface area contributed by atoms with E-state index >= 15 is 0 Å². The Kier molecular flexibility index (Phi) is 4.02. The first kappa shape index (κ1) is 12.1. The molecule has 2 aromatic rings. The predicted octanol–water partition coefficient (Wildman–Crippen LogP) is 3.82. The lowest BCUT2D eigenvalue weighted by atomic mass is 10.2. The maximum absolute atomic E-state index is 5.59. The van der Waals surface area contributed by atoms with E-state index in [4.69, 9.17) is 5.73 Å². The molecule has 1 aromatic heterocycles. The van der Waals surface area contributed by atoms with Crippen LogP contribution in [0.25, 0.3) is 0 Å². The fourth-order valence-corrected chi connectivity index (χ4v) is 3.69. The van der Waals surface area contributed by atoms with E-state index in [0.717, 1.165) is 20.1 Å². The summed E-state index contributed by atoms with van der Waals surface area (Å²) in [7, 11) is 0. The van der Waals surface area contributed by atoms with Crippen molar-refractivity contribution in [3.8, 4) is 0 Å². The fraction of sp³-hybridized carbons (Fsp3) is 0.182. The Balaban J connectivity index is 2.21. The van der Waals surface area contributed by atoms with E-state index in [1.807, 2.05) is 13.0 Å². The van der Waals surface area contributed by atoms with Crippen molar-refractivity contribution in [2.24, 2.45) is 5.73 Å². The molecular weight excluding hydrogens is 304 g/mol. The molecule has 0 fully saturated rings. The molecule has 0 aliphatic carbocycles. The molecule has 0 aliphatic heterocycles. The van der Waals surface area contributed by atoms with Crippen molar-refractivity contribution in [3.05, 3.63) is 39.3 Å². The average molecular weight is 315 g/mol. The van der Waals surface area contributed by atoms with Crippen LogP contribution in [0.1, 0.15) is 11.3 Å². The molecule has 0 bridgehead atoms. The zero-order valence-electron chi connectivity index (χ0n) is 8.74. The largest absolute Gasteiger partial charge is 0.326 e. The summed E-state index contributed by atoms with van der Waals surface area (Å²) in [5, 5.41) is 2.06. The van der Waals surface area contributed by atoms with Gasteiger partial charge >= 0.3 is 0 Å². The van der Waals surface area contributed by atoms with Gasteiger partial charge in [-0.2, -0.15) is 0 Å². The number of aromatic nitrogens is 1. The molecular formula is C11H11BrN2S2. The standard InChI is InChI=1S/C11H11BrN2S2/c1-7-6-15-11(14-7)16-10-3-2-8(5-13)4-9(10)12/h2-4,6H,5,13H2,1H3. The van der Waals surface area contributed by atoms with Crippen LogP contribution >= 0.6 is 39.0 Å². The molecule has 0 unspecified atom stereocenters. The van der Waals surface area contributed by atoms with Crippen molar-refractivity contribution in [2.75, 3.05) is 0 Å². The molecule has 0 atom stereocenters. The Bertz CT molecular complexity index is 496. The Hall–Kier alpha value is -0.360. The summed E-state index contributed by atoms with van der Waals surface area (Å²) in [6.45, 7) is 2.58. The smallest absolute Gasteiger partial charge is 0.154 e. The number of hydrogen-bond donors (Lipinski definition) is 1. The van der Waals surface area contributed by atoms with E-state index in [1.165, 1.54) is 4.90 Å². The molecule has 0 saturated heterocycles. The van der Waals surface area contributed by atoms with Crippen molar-refractivity contribution < 1.29 is 0 Å². The van der Waals surface area contributed by atoms with Crippen LogP contribution in [-0.4, -0.2) is 4.98 Å². The molecule has 2 N–H and O–H groups in total. The van der Waals surface area contributed by atoms with Gasteiger partial charge in [0, 0.05) is 27.0 Å². The minimum absolute atomic E-state index is 0.569. The molecule has 0 saturated carbocycles. The van der Waals surface area contributed by atoms with E-state index in [-0.39, 0.29) is 0 Å². The number of nitrogens with zero attached hydrogens (tertiary/aromatic N) is 1. The van der Waals surface area contributed by atoms with Crippen molar-refractivity contribution in [3.63, 3.8) is 0 Å². The van der Waals surface area contributed by atoms with Gasteiger partial charge in [-0.15, -0.1) is 11.3 Å². The van der Waals surface area contributed by atoms with Gasteiger partial charge in [-0.25, -0.2) is 4.98 Å². The van der Waals surface area contributed by atoms with Gasteiger partial charge in [0.05, 0.1) is 0 Å². The van der Waals surface area contributed by atoms with Gasteiger partial charge in [0.1, 0.15) is 0 Å². The van der Waals surface area contributed by atoms with E-state index in [9.17, 15) is 0 Å². The highest BCUT2D eigenvalue weighted by atomic mass is 79.9. The summed E-state index contributed by atoms with van der Waals surface area (Å²) >= 11 is 6.90. The lowest BCUT2D eigenvalue weighted by molar-refractivity contribution is 1.06. The number of nitrogens with two attached hydrogens (primary N) is 1. The van der Waals surface area contributed by atoms with Crippen molar-refractivity contribution in [1.82, 2.24) is 4.98 Å². The monoisotopic (exact) mass is 314 g/mol. The highest BCUT2D eigenvalue weighted by Gasteiger charge is 2.06. The second-order valence-electron chi connectivity index (χ2n) is 3.33. The van der Waals surface area contributed by atoms with Gasteiger partial charge in [0.2, 0.25) is 0 Å². The first-order valence-electron chi connectivity index (χ1n) is 4.77. The Morgan fingerprint density at radius 2 is 2.31 bits per heavy atom. The van der Waals surface area contributed by atoms with Crippen LogP contribution in [0, 0.1) is 6.92 Å². The summed E-state index contributed by atoms with van der Waals surface area (Å²) in [4.78, 5) is 5.60. The molecule has 1 heterocycles. The number of hydrogen-bond acceptors (Lipinski definition) is 4. The maximum Gasteiger partial charge on any atom is 0.154 e. The molecule has 0 radical (unpaired) electrons. The minimum Gasteiger partial charge on any atom is -0.326 e. The number of halogens is 1. The molecule has 2 nitrogen and oxygen atoms in total. The summed E-state index contributed by atoms with van der Waals surface area (Å²) < 4.78 is 2.15. The highest BCUT2D eigenvalue weighted by Crippen LogP contribution is 2.35. The Morgan fingerprint density at radius 3 is 2.88 bits per heavy atom. The van der Waals surface area contributed by atoms with Crippen LogP contribution in [0.3, 0.4) is 0 Å². The van der Waals surface area contributed by atoms with Crippen LogP contribution in [0.2, 0.25) is 0 Å². The van der Waals surface area contributed by atoms with Gasteiger partial charge in [-0.1, -0.05) is 17.8 Å². The zero-order valence-corrected chi connectivity index (χ0v) is 12.0. The quantitative estimate of drug-likeness (QED) is 0.936. The molecule has 0 amide bonds. The first-order valence-corrected chi connectivity index (χ1v) is 7.26. The summed E-state index contributed by atoms with van der Waals surface area (Å²) in [5.74, 6) is 0. The maximum atomic E-state index is 5.59. The Labute approximate surface area is 111 Å². The second kappa shape index (κ2) is 5.31. The number of aryl methyl sites for hydroxylation is 1. The lowest BCUT2D eigenvalue weighted by Gasteiger charge is -2.03. The molecule has 0 aliphatic rings. The van der Waals surface area contributed by atoms with Gasteiger partial charge < -0.3 is 5.73 Å². The van der Waals surface area contributed by atoms with Gasteiger partial charge in [-0.3, -0.25) is 0 Å². The van der Waals surface area contributed by atoms with Gasteiger partial charge in [0.25, 0.3) is 0 Å². The average Bonchev–Trinajstić information content (AvgIpc) is 2.67. The fourth-order valence-electron chi connectivity index (χ4n) is 1.23. The highest BCUT2D eigenvalue weighted by molar-refractivity contribution is 9.10. The second-order valence-corrected chi connectivity index (χ2v) is 6.33. The van der Waals surface area contributed by atoms with E-state index < -0.39 is 0 Å². The number of benzene rings is 1. The van der Waals surface area contributed by atoms with Crippen LogP contribution in [0.15, 0.2) is 37.3 Å². The van der Waals surface area contributed by atoms with Crippen molar-refractivity contribution in [1.29, 1.82) is 0 Å². The van der Waals surface area contributed by atoms with Crippen LogP contribution in [-0.2, 0) is 6.54 Å². The third-order valence-corrected chi connectivity index (χ3v) is 5.08. The number of rotatable bonds is 3. The van der Waals surface area contributed by atoms with Crippen LogP contribution in [0.4, 0.5) is 0 Å². The summed E-state index contributed by atoms with van der Waals surface area (Å²) in [6, 6.07) is 6.18. The molecule has 84 valence electrons. The first-order chi connectivity index (χ1) is 7.69. The van der Waals surface area contributed by atoms with Gasteiger partial charge in [0.15, 0.2) is 4.34 Å². The summed E-state index contributed by atoms with van der Waals surface area (Å²) in [5.41, 5.74) is 7.79. The minimum atomic E-state index is 0.569. The van der Waals surface area contributed by atoms with Crippen LogP contribution in [0.5, 0.6) is 0 Å². The third-order valence-electron chi connectivity index (χ3n) is 2.03. The molecule has 5 heteroatoms. The predicted molar refractivity (Wildman–Crippen MR) is 73.0 cm³/mol. The summed E-state index contributed by atoms with van der Waals surface area (Å²) in [6.07, 6.45) is 0. The SMILES string of the molecule is Cc1csc(Sc2ccc(CN)cc2Br)n1. The van der Waals surface area contributed by atoms with Crippen LogP contribution < -0.4 is 5.73 Å². The van der Waals surface area contributed by atoms with E-state index in [1.54, 1.807) is 23.1 Å². The van der Waals surface area contributed by atoms with E-state index in [2.05, 4.69) is 38.4 Å². The molecule has 16 heavy (non-hydrogen) atoms. The topological polar surface area (TPSA) is 38.9 Å². The zero-order chi connectivity index (χ0) is 11.5. The lowest BCUT2D eigenvalue weighted by Crippen LogP contribution is -1.95.